The van der Waals surface area contributed by atoms with Crippen molar-refractivity contribution in [3.05, 3.63) is 24.0 Å². The summed E-state index contributed by atoms with van der Waals surface area (Å²) >= 11 is 0. The van der Waals surface area contributed by atoms with Gasteiger partial charge in [0.05, 0.1) is 5.52 Å². The molecule has 0 saturated carbocycles. The molecule has 13 heavy (non-hydrogen) atoms. The van der Waals surface area contributed by atoms with Crippen molar-refractivity contribution in [2.45, 2.75) is 20.8 Å². The van der Waals surface area contributed by atoms with E-state index in [9.17, 15) is 0 Å². The van der Waals surface area contributed by atoms with Crippen LogP contribution in [0.15, 0.2) is 18.3 Å². The Hall–Kier alpha value is -1.51. The van der Waals surface area contributed by atoms with Crippen molar-refractivity contribution in [2.24, 2.45) is 0 Å². The number of pyridine rings is 1. The Morgan fingerprint density at radius 2 is 2.08 bits per heavy atom. The maximum atomic E-state index is 5.64. The smallest absolute Gasteiger partial charge is 0.132 e. The minimum atomic E-state index is 0.590. The number of aryl methyl sites for hydroxylation is 1. The van der Waals surface area contributed by atoms with Gasteiger partial charge < -0.3 is 10.7 Å². The minimum absolute atomic E-state index is 0.590. The van der Waals surface area contributed by atoms with Crippen molar-refractivity contribution in [3.63, 3.8) is 0 Å². The molecule has 2 aromatic rings. The number of nitrogens with zero attached hydrogens (tertiary/aromatic N) is 1. The third-order valence-electron chi connectivity index (χ3n) is 1.71. The molecule has 3 N–H and O–H groups in total. The monoisotopic (exact) mass is 177 g/mol. The van der Waals surface area contributed by atoms with Crippen molar-refractivity contribution in [3.8, 4) is 0 Å². The van der Waals surface area contributed by atoms with E-state index in [0.29, 0.717) is 5.82 Å². The first-order valence-corrected chi connectivity index (χ1v) is 4.47. The Balaban J connectivity index is 0.000000396. The van der Waals surface area contributed by atoms with E-state index in [1.807, 2.05) is 32.9 Å². The van der Waals surface area contributed by atoms with Gasteiger partial charge in [-0.1, -0.05) is 13.8 Å². The van der Waals surface area contributed by atoms with Crippen molar-refractivity contribution < 1.29 is 0 Å². The zero-order chi connectivity index (χ0) is 9.84. The number of hydrogen-bond acceptors (Lipinski definition) is 2. The van der Waals surface area contributed by atoms with Gasteiger partial charge in [0, 0.05) is 17.3 Å². The van der Waals surface area contributed by atoms with Gasteiger partial charge in [-0.3, -0.25) is 0 Å². The molecule has 3 nitrogen and oxygen atoms in total. The number of aromatic amines is 1. The average molecular weight is 177 g/mol. The number of nitrogens with one attached hydrogen (secondary N) is 1. The molecule has 0 atom stereocenters. The molecule has 0 aliphatic rings. The second kappa shape index (κ2) is 3.94. The zero-order valence-electron chi connectivity index (χ0n) is 8.26. The van der Waals surface area contributed by atoms with E-state index >= 15 is 0 Å². The van der Waals surface area contributed by atoms with Crippen molar-refractivity contribution in [2.75, 3.05) is 5.73 Å². The summed E-state index contributed by atoms with van der Waals surface area (Å²) in [6.45, 7) is 6.00. The van der Waals surface area contributed by atoms with E-state index < -0.39 is 0 Å². The van der Waals surface area contributed by atoms with Crippen LogP contribution in [0.1, 0.15) is 19.5 Å². The Morgan fingerprint density at radius 3 is 2.69 bits per heavy atom. The molecule has 0 bridgehead atoms. The zero-order valence-corrected chi connectivity index (χ0v) is 8.26. The van der Waals surface area contributed by atoms with Gasteiger partial charge in [0.25, 0.3) is 0 Å². The van der Waals surface area contributed by atoms with Crippen LogP contribution in [0.2, 0.25) is 0 Å². The third-order valence-corrected chi connectivity index (χ3v) is 1.71. The molecule has 0 aromatic carbocycles. The lowest BCUT2D eigenvalue weighted by molar-refractivity contribution is 1.29. The van der Waals surface area contributed by atoms with Gasteiger partial charge >= 0.3 is 0 Å². The molecule has 0 spiro atoms. The summed E-state index contributed by atoms with van der Waals surface area (Å²) in [6, 6.07) is 3.91. The molecule has 2 aromatic heterocycles. The Labute approximate surface area is 78.0 Å². The third kappa shape index (κ3) is 1.80. The van der Waals surface area contributed by atoms with E-state index in [2.05, 4.69) is 9.97 Å². The fourth-order valence-electron chi connectivity index (χ4n) is 1.22. The molecule has 2 rings (SSSR count). The van der Waals surface area contributed by atoms with Gasteiger partial charge in [-0.2, -0.15) is 0 Å². The Morgan fingerprint density at radius 1 is 1.38 bits per heavy atom. The number of fused-ring (bicyclic) bond motifs is 1. The number of H-pyrrole nitrogens is 1. The van der Waals surface area contributed by atoms with E-state index in [0.717, 1.165) is 16.6 Å². The quantitative estimate of drug-likeness (QED) is 0.649. The SMILES string of the molecule is CC.Cc1cc2c(N)nccc2[nH]1. The highest BCUT2D eigenvalue weighted by Crippen LogP contribution is 2.18. The molecule has 70 valence electrons. The first-order valence-electron chi connectivity index (χ1n) is 4.47. The van der Waals surface area contributed by atoms with E-state index in [1.165, 1.54) is 0 Å². The summed E-state index contributed by atoms with van der Waals surface area (Å²) in [7, 11) is 0. The van der Waals surface area contributed by atoms with E-state index in [4.69, 9.17) is 5.73 Å². The number of rotatable bonds is 0. The summed E-state index contributed by atoms with van der Waals surface area (Å²) in [5.41, 5.74) is 7.80. The van der Waals surface area contributed by atoms with Gasteiger partial charge in [0.2, 0.25) is 0 Å². The summed E-state index contributed by atoms with van der Waals surface area (Å²) < 4.78 is 0. The Kier molecular flexibility index (Phi) is 2.90. The number of anilines is 1. The minimum Gasteiger partial charge on any atom is -0.383 e. The lowest BCUT2D eigenvalue weighted by atomic mass is 10.3. The van der Waals surface area contributed by atoms with Crippen LogP contribution in [0.5, 0.6) is 0 Å². The molecular weight excluding hydrogens is 162 g/mol. The molecule has 0 aliphatic heterocycles. The highest BCUT2D eigenvalue weighted by molar-refractivity contribution is 5.89. The van der Waals surface area contributed by atoms with Crippen LogP contribution in [-0.4, -0.2) is 9.97 Å². The maximum absolute atomic E-state index is 5.64. The molecule has 3 heteroatoms. The second-order valence-corrected chi connectivity index (χ2v) is 2.61. The van der Waals surface area contributed by atoms with Crippen LogP contribution in [-0.2, 0) is 0 Å². The predicted molar refractivity (Wildman–Crippen MR) is 56.6 cm³/mol. The fraction of sp³-hybridized carbons (Fsp3) is 0.300. The van der Waals surface area contributed by atoms with Gasteiger partial charge in [-0.05, 0) is 19.1 Å². The normalized spacial score (nSPS) is 9.46. The van der Waals surface area contributed by atoms with Gasteiger partial charge in [0.15, 0.2) is 0 Å². The van der Waals surface area contributed by atoms with Crippen LogP contribution in [0.3, 0.4) is 0 Å². The molecular formula is C10H15N3. The lowest BCUT2D eigenvalue weighted by Crippen LogP contribution is -1.88. The van der Waals surface area contributed by atoms with E-state index in [1.54, 1.807) is 6.20 Å². The van der Waals surface area contributed by atoms with Crippen LogP contribution in [0, 0.1) is 6.92 Å². The van der Waals surface area contributed by atoms with Gasteiger partial charge in [-0.15, -0.1) is 0 Å². The number of aromatic nitrogens is 2. The van der Waals surface area contributed by atoms with Crippen LogP contribution >= 0.6 is 0 Å². The molecule has 0 unspecified atom stereocenters. The van der Waals surface area contributed by atoms with Gasteiger partial charge in [0.1, 0.15) is 5.82 Å². The summed E-state index contributed by atoms with van der Waals surface area (Å²) in [6.07, 6.45) is 1.70. The van der Waals surface area contributed by atoms with Crippen LogP contribution in [0.4, 0.5) is 5.82 Å². The fourth-order valence-corrected chi connectivity index (χ4v) is 1.22. The summed E-state index contributed by atoms with van der Waals surface area (Å²) in [5.74, 6) is 0.590. The lowest BCUT2D eigenvalue weighted by Gasteiger charge is -1.91. The average Bonchev–Trinajstić information content (AvgIpc) is 2.51. The standard InChI is InChI=1S/C8H9N3.C2H6/c1-5-4-6-7(11-5)2-3-10-8(6)9;1-2/h2-4,11H,1H3,(H2,9,10);1-2H3. The highest BCUT2D eigenvalue weighted by atomic mass is 14.8. The topological polar surface area (TPSA) is 54.7 Å². The predicted octanol–water partition coefficient (Wildman–Crippen LogP) is 2.48. The molecule has 2 heterocycles. The first kappa shape index (κ1) is 9.58. The molecule has 0 amide bonds. The first-order chi connectivity index (χ1) is 6.27. The van der Waals surface area contributed by atoms with Gasteiger partial charge in [-0.25, -0.2) is 4.98 Å². The number of nitrogen functional groups attached to an aromatic ring is 1. The summed E-state index contributed by atoms with van der Waals surface area (Å²) in [4.78, 5) is 7.16. The van der Waals surface area contributed by atoms with E-state index in [-0.39, 0.29) is 0 Å². The van der Waals surface area contributed by atoms with Crippen LogP contribution < -0.4 is 5.73 Å². The highest BCUT2D eigenvalue weighted by Gasteiger charge is 1.99. The molecule has 0 fully saturated rings. The summed E-state index contributed by atoms with van der Waals surface area (Å²) in [5, 5.41) is 1.00. The number of nitrogens with two attached hydrogens (primary N) is 1. The van der Waals surface area contributed by atoms with Crippen LogP contribution in [0.25, 0.3) is 10.9 Å². The van der Waals surface area contributed by atoms with Crippen molar-refractivity contribution in [1.29, 1.82) is 0 Å². The molecule has 0 saturated heterocycles. The molecule has 0 radical (unpaired) electrons. The number of hydrogen-bond donors (Lipinski definition) is 2. The van der Waals surface area contributed by atoms with Crippen molar-refractivity contribution in [1.82, 2.24) is 9.97 Å². The maximum Gasteiger partial charge on any atom is 0.132 e. The Bertz CT molecular complexity index is 390. The van der Waals surface area contributed by atoms with Crippen molar-refractivity contribution >= 4 is 16.7 Å². The second-order valence-electron chi connectivity index (χ2n) is 2.61. The molecule has 0 aliphatic carbocycles. The largest absolute Gasteiger partial charge is 0.383 e.